The Morgan fingerprint density at radius 1 is 0.697 bits per heavy atom. The molecule has 5 amide bonds. The van der Waals surface area contributed by atoms with Crippen LogP contribution in [0.5, 0.6) is 11.5 Å². The van der Waals surface area contributed by atoms with E-state index in [-0.39, 0.29) is 29.9 Å². The van der Waals surface area contributed by atoms with E-state index in [1.54, 1.807) is 24.3 Å². The Morgan fingerprint density at radius 2 is 1.41 bits per heavy atom. The number of rotatable bonds is 12. The normalized spacial score (nSPS) is 22.5. The Kier molecular flexibility index (Phi) is 13.6. The smallest absolute Gasteiger partial charge is 0.328 e. The van der Waals surface area contributed by atoms with Gasteiger partial charge in [0.25, 0.3) is 11.8 Å². The maximum atomic E-state index is 13.5. The van der Waals surface area contributed by atoms with Gasteiger partial charge in [0.1, 0.15) is 22.9 Å². The number of benzene rings is 4. The standard InChI is InChI=1S/C51H60N10O5/c52-47(37-13-19-43(20-14-37)66-42-7-2-1-3-8-42)46(48(53)63)49-54-23-21-44(55-49)36-11-17-40(18-12-36)58-27-25-57(26-28-58)34-35-9-15-39(16-10-35)59-29-31-60(32-30-59)50(64)38-5-4-6-41(33-38)61-24-22-45(62)56-51(61)65/h1-10,13-16,19-20,33,36,40,44H,11-12,17-18,21-32,34,52H2,(H2,53,63)(H,54,55)(H,56,62,65)/t36?,40?,44-/m0/s1. The first-order valence-electron chi connectivity index (χ1n) is 23.4. The molecule has 3 saturated heterocycles. The Balaban J connectivity index is 0.714. The number of anilines is 2. The lowest BCUT2D eigenvalue weighted by atomic mass is 9.79. The highest BCUT2D eigenvalue weighted by molar-refractivity contribution is 6.25. The summed E-state index contributed by atoms with van der Waals surface area (Å²) in [6, 6.07) is 33.1. The molecular weight excluding hydrogens is 833 g/mol. The van der Waals surface area contributed by atoms with E-state index in [1.165, 1.54) is 10.5 Å². The summed E-state index contributed by atoms with van der Waals surface area (Å²) in [6.07, 6.45) is 5.66. The van der Waals surface area contributed by atoms with Gasteiger partial charge in [0.05, 0.1) is 11.7 Å². The first-order chi connectivity index (χ1) is 32.1. The number of imide groups is 1. The highest BCUT2D eigenvalue weighted by Gasteiger charge is 2.34. The summed E-state index contributed by atoms with van der Waals surface area (Å²) < 4.78 is 5.93. The molecule has 15 heteroatoms. The molecule has 0 aromatic heterocycles. The number of carbonyl (C=O) groups excluding carboxylic acids is 4. The van der Waals surface area contributed by atoms with Crippen molar-refractivity contribution in [3.63, 3.8) is 0 Å². The van der Waals surface area contributed by atoms with Crippen LogP contribution in [0.3, 0.4) is 0 Å². The molecule has 344 valence electrons. The van der Waals surface area contributed by atoms with E-state index < -0.39 is 11.9 Å². The average molecular weight is 893 g/mol. The van der Waals surface area contributed by atoms with Gasteiger partial charge in [0, 0.05) is 101 Å². The molecule has 1 aliphatic carbocycles. The number of amides is 5. The van der Waals surface area contributed by atoms with Crippen molar-refractivity contribution < 1.29 is 23.9 Å². The molecule has 5 aliphatic rings. The van der Waals surface area contributed by atoms with Crippen LogP contribution in [0.4, 0.5) is 16.2 Å². The molecule has 4 aromatic rings. The zero-order valence-corrected chi connectivity index (χ0v) is 37.4. The third kappa shape index (κ3) is 10.4. The second-order valence-electron chi connectivity index (χ2n) is 18.0. The van der Waals surface area contributed by atoms with Crippen LogP contribution in [-0.2, 0) is 16.1 Å². The zero-order chi connectivity index (χ0) is 45.6. The summed E-state index contributed by atoms with van der Waals surface area (Å²) in [5, 5.41) is 5.67. The van der Waals surface area contributed by atoms with Crippen molar-refractivity contribution in [2.75, 3.05) is 75.2 Å². The fraction of sp³-hybridized carbons (Fsp3) is 0.392. The number of hydrogen-bond donors (Lipinski definition) is 4. The molecule has 0 unspecified atom stereocenters. The summed E-state index contributed by atoms with van der Waals surface area (Å²) in [6.45, 7) is 8.84. The Hall–Kier alpha value is -6.71. The lowest BCUT2D eigenvalue weighted by molar-refractivity contribution is -0.120. The van der Waals surface area contributed by atoms with Crippen LogP contribution < -0.4 is 36.6 Å². The number of amidine groups is 1. The summed E-state index contributed by atoms with van der Waals surface area (Å²) in [4.78, 5) is 66.3. The van der Waals surface area contributed by atoms with Crippen molar-refractivity contribution in [3.05, 3.63) is 125 Å². The van der Waals surface area contributed by atoms with E-state index in [2.05, 4.69) is 49.6 Å². The fourth-order valence-corrected chi connectivity index (χ4v) is 10.1. The number of para-hydroxylation sites is 1. The number of nitrogens with one attached hydrogen (secondary N) is 2. The fourth-order valence-electron chi connectivity index (χ4n) is 10.1. The van der Waals surface area contributed by atoms with Crippen molar-refractivity contribution in [2.45, 2.75) is 57.2 Å². The molecular formula is C51H60N10O5. The number of primary amides is 1. The molecule has 0 bridgehead atoms. The molecule has 4 aliphatic heterocycles. The number of carbonyl (C=O) groups is 4. The second-order valence-corrected chi connectivity index (χ2v) is 18.0. The maximum Gasteiger partial charge on any atom is 0.328 e. The molecule has 0 spiro atoms. The van der Waals surface area contributed by atoms with Crippen LogP contribution in [0.25, 0.3) is 5.70 Å². The van der Waals surface area contributed by atoms with E-state index >= 15 is 0 Å². The van der Waals surface area contributed by atoms with Crippen molar-refractivity contribution >= 4 is 46.7 Å². The van der Waals surface area contributed by atoms with Gasteiger partial charge in [-0.15, -0.1) is 0 Å². The van der Waals surface area contributed by atoms with Crippen LogP contribution in [0, 0.1) is 5.92 Å². The first kappa shape index (κ1) is 44.5. The van der Waals surface area contributed by atoms with Gasteiger partial charge in [-0.2, -0.15) is 0 Å². The monoisotopic (exact) mass is 892 g/mol. The van der Waals surface area contributed by atoms with Crippen molar-refractivity contribution in [1.29, 1.82) is 0 Å². The molecule has 4 aromatic carbocycles. The minimum atomic E-state index is -0.598. The van der Waals surface area contributed by atoms with E-state index in [1.807, 2.05) is 59.5 Å². The minimum Gasteiger partial charge on any atom is -0.457 e. The van der Waals surface area contributed by atoms with E-state index in [0.29, 0.717) is 72.2 Å². The summed E-state index contributed by atoms with van der Waals surface area (Å²) in [5.41, 5.74) is 17.4. The SMILES string of the molecule is NC(=O)C(C1=N[C@H](C2CCC(N3CCN(Cc4ccc(N5CCN(C(=O)c6cccc(N7CCC(=O)NC7=O)c6)CC5)cc4)CC3)CC2)CCN1)=C(N)c1ccc(Oc2ccccc2)cc1. The number of nitrogens with zero attached hydrogens (tertiary/aromatic N) is 6. The predicted octanol–water partition coefficient (Wildman–Crippen LogP) is 5.18. The lowest BCUT2D eigenvalue weighted by Gasteiger charge is -2.43. The third-order valence-electron chi connectivity index (χ3n) is 13.9. The molecule has 1 atom stereocenters. The largest absolute Gasteiger partial charge is 0.457 e. The number of hydrogen-bond acceptors (Lipinski definition) is 11. The summed E-state index contributed by atoms with van der Waals surface area (Å²) in [5.74, 6) is 1.41. The van der Waals surface area contributed by atoms with Crippen molar-refractivity contribution in [3.8, 4) is 11.5 Å². The summed E-state index contributed by atoms with van der Waals surface area (Å²) >= 11 is 0. The zero-order valence-electron chi connectivity index (χ0n) is 37.4. The third-order valence-corrected chi connectivity index (χ3v) is 13.9. The number of aliphatic imine (C=N–C) groups is 1. The van der Waals surface area contributed by atoms with Gasteiger partial charge in [-0.05, 0) is 116 Å². The van der Waals surface area contributed by atoms with E-state index in [9.17, 15) is 19.2 Å². The minimum absolute atomic E-state index is 0.0551. The Bertz CT molecular complexity index is 2440. The molecule has 1 saturated carbocycles. The molecule has 9 rings (SSSR count). The van der Waals surface area contributed by atoms with Gasteiger partial charge in [-0.25, -0.2) is 4.79 Å². The first-order valence-corrected chi connectivity index (χ1v) is 23.4. The van der Waals surface area contributed by atoms with Gasteiger partial charge < -0.3 is 31.3 Å². The highest BCUT2D eigenvalue weighted by Crippen LogP contribution is 2.34. The van der Waals surface area contributed by atoms with Crippen LogP contribution in [-0.4, -0.2) is 122 Å². The quantitative estimate of drug-likeness (QED) is 0.139. The van der Waals surface area contributed by atoms with Crippen molar-refractivity contribution in [1.82, 2.24) is 25.3 Å². The van der Waals surface area contributed by atoms with Gasteiger partial charge in [-0.1, -0.05) is 36.4 Å². The number of piperazine rings is 2. The molecule has 0 radical (unpaired) electrons. The maximum absolute atomic E-state index is 13.5. The lowest BCUT2D eigenvalue weighted by Crippen LogP contribution is -2.51. The van der Waals surface area contributed by atoms with Crippen LogP contribution >= 0.6 is 0 Å². The number of ether oxygens (including phenoxy) is 1. The molecule has 6 N–H and O–H groups in total. The average Bonchev–Trinajstić information content (AvgIpc) is 3.35. The summed E-state index contributed by atoms with van der Waals surface area (Å²) in [7, 11) is 0. The molecule has 66 heavy (non-hydrogen) atoms. The van der Waals surface area contributed by atoms with E-state index in [4.69, 9.17) is 21.2 Å². The molecule has 4 heterocycles. The van der Waals surface area contributed by atoms with Crippen LogP contribution in [0.1, 0.15) is 60.0 Å². The highest BCUT2D eigenvalue weighted by atomic mass is 16.5. The van der Waals surface area contributed by atoms with Crippen LogP contribution in [0.15, 0.2) is 114 Å². The molecule has 15 nitrogen and oxygen atoms in total. The Labute approximate surface area is 386 Å². The Morgan fingerprint density at radius 3 is 2.11 bits per heavy atom. The van der Waals surface area contributed by atoms with Gasteiger partial charge in [0.2, 0.25) is 5.91 Å². The molecule has 4 fully saturated rings. The van der Waals surface area contributed by atoms with Crippen LogP contribution in [0.2, 0.25) is 0 Å². The van der Waals surface area contributed by atoms with Gasteiger partial charge in [0.15, 0.2) is 0 Å². The van der Waals surface area contributed by atoms with E-state index in [0.717, 1.165) is 89.4 Å². The number of urea groups is 1. The van der Waals surface area contributed by atoms with Gasteiger partial charge >= 0.3 is 6.03 Å². The van der Waals surface area contributed by atoms with Gasteiger partial charge in [-0.3, -0.25) is 39.4 Å². The predicted molar refractivity (Wildman–Crippen MR) is 256 cm³/mol. The van der Waals surface area contributed by atoms with Crippen molar-refractivity contribution in [2.24, 2.45) is 22.4 Å². The number of nitrogens with two attached hydrogens (primary N) is 2. The second kappa shape index (κ2) is 20.2. The topological polar surface area (TPSA) is 182 Å².